The molecule has 5 aromatic rings. The summed E-state index contributed by atoms with van der Waals surface area (Å²) >= 11 is 0. The van der Waals surface area contributed by atoms with Crippen molar-refractivity contribution in [3.8, 4) is 11.4 Å². The van der Waals surface area contributed by atoms with Gasteiger partial charge in [-0.25, -0.2) is 9.97 Å². The third-order valence-electron chi connectivity index (χ3n) is 5.07. The fourth-order valence-electron chi connectivity index (χ4n) is 3.40. The standard InChI is InChI=1S/C24H19N7O/c1-31-15-27-30-23(31)16-6-10-19(11-7-16)29-24(32)17-8-12-18(13-9-17)28-22-20-4-2-3-5-21(20)25-14-26-22/h2-15H,1H3,(H,29,32)(H,25,26,28). The van der Waals surface area contributed by atoms with Gasteiger partial charge in [0.2, 0.25) is 0 Å². The normalized spacial score (nSPS) is 10.8. The largest absolute Gasteiger partial charge is 0.340 e. The van der Waals surface area contributed by atoms with Crippen molar-refractivity contribution in [1.82, 2.24) is 24.7 Å². The van der Waals surface area contributed by atoms with Gasteiger partial charge in [-0.3, -0.25) is 4.79 Å². The van der Waals surface area contributed by atoms with E-state index in [0.717, 1.165) is 33.8 Å². The Bertz CT molecular complexity index is 1390. The van der Waals surface area contributed by atoms with Gasteiger partial charge in [0.15, 0.2) is 5.82 Å². The number of hydrogen-bond acceptors (Lipinski definition) is 6. The highest BCUT2D eigenvalue weighted by molar-refractivity contribution is 6.04. The molecule has 0 fully saturated rings. The number of carbonyl (C=O) groups is 1. The Morgan fingerprint density at radius 2 is 1.62 bits per heavy atom. The van der Waals surface area contributed by atoms with E-state index in [1.54, 1.807) is 18.5 Å². The highest BCUT2D eigenvalue weighted by atomic mass is 16.1. The van der Waals surface area contributed by atoms with Gasteiger partial charge in [-0.05, 0) is 60.7 Å². The molecule has 0 aliphatic carbocycles. The molecule has 8 nitrogen and oxygen atoms in total. The van der Waals surface area contributed by atoms with Crippen LogP contribution in [0.5, 0.6) is 0 Å². The van der Waals surface area contributed by atoms with Crippen molar-refractivity contribution < 1.29 is 4.79 Å². The third-order valence-corrected chi connectivity index (χ3v) is 5.07. The topological polar surface area (TPSA) is 97.6 Å². The van der Waals surface area contributed by atoms with Crippen LogP contribution in [0.15, 0.2) is 85.5 Å². The summed E-state index contributed by atoms with van der Waals surface area (Å²) in [4.78, 5) is 21.3. The molecule has 2 N–H and O–H groups in total. The molecule has 8 heteroatoms. The summed E-state index contributed by atoms with van der Waals surface area (Å²) in [5.74, 6) is 1.30. The molecule has 0 bridgehead atoms. The van der Waals surface area contributed by atoms with E-state index in [9.17, 15) is 4.79 Å². The minimum absolute atomic E-state index is 0.185. The number of rotatable bonds is 5. The smallest absolute Gasteiger partial charge is 0.255 e. The van der Waals surface area contributed by atoms with E-state index in [-0.39, 0.29) is 5.91 Å². The lowest BCUT2D eigenvalue weighted by Crippen LogP contribution is -2.11. The second-order valence-corrected chi connectivity index (χ2v) is 7.24. The lowest BCUT2D eigenvalue weighted by molar-refractivity contribution is 0.102. The zero-order chi connectivity index (χ0) is 21.9. The van der Waals surface area contributed by atoms with Crippen LogP contribution in [0.1, 0.15) is 10.4 Å². The first-order valence-electron chi connectivity index (χ1n) is 10.00. The zero-order valence-electron chi connectivity index (χ0n) is 17.2. The first kappa shape index (κ1) is 19.4. The van der Waals surface area contributed by atoms with Crippen LogP contribution in [0.4, 0.5) is 17.2 Å². The van der Waals surface area contributed by atoms with Crippen LogP contribution in [-0.4, -0.2) is 30.6 Å². The summed E-state index contributed by atoms with van der Waals surface area (Å²) in [5.41, 5.74) is 3.89. The van der Waals surface area contributed by atoms with Crippen LogP contribution in [0, 0.1) is 0 Å². The highest BCUT2D eigenvalue weighted by Crippen LogP contribution is 2.23. The van der Waals surface area contributed by atoms with Crippen molar-refractivity contribution >= 4 is 34.0 Å². The van der Waals surface area contributed by atoms with E-state index in [0.29, 0.717) is 11.3 Å². The second kappa shape index (κ2) is 8.27. The number of carbonyl (C=O) groups excluding carboxylic acids is 1. The van der Waals surface area contributed by atoms with Crippen molar-refractivity contribution in [3.63, 3.8) is 0 Å². The number of fused-ring (bicyclic) bond motifs is 1. The van der Waals surface area contributed by atoms with Crippen molar-refractivity contribution in [2.45, 2.75) is 0 Å². The molecule has 1 amide bonds. The molecule has 0 aliphatic heterocycles. The van der Waals surface area contributed by atoms with E-state index < -0.39 is 0 Å². The Hall–Kier alpha value is -4.59. The quantitative estimate of drug-likeness (QED) is 0.436. The van der Waals surface area contributed by atoms with E-state index in [2.05, 4.69) is 30.8 Å². The van der Waals surface area contributed by atoms with Crippen molar-refractivity contribution in [2.75, 3.05) is 10.6 Å². The Kier molecular flexibility index (Phi) is 5.01. The van der Waals surface area contributed by atoms with Crippen molar-refractivity contribution in [2.24, 2.45) is 7.05 Å². The number of para-hydroxylation sites is 1. The van der Waals surface area contributed by atoms with Gasteiger partial charge in [0.1, 0.15) is 18.5 Å². The van der Waals surface area contributed by atoms with Gasteiger partial charge in [0, 0.05) is 34.9 Å². The molecule has 0 aliphatic rings. The SMILES string of the molecule is Cn1cnnc1-c1ccc(NC(=O)c2ccc(Nc3ncnc4ccccc34)cc2)cc1. The fourth-order valence-corrected chi connectivity index (χ4v) is 3.40. The van der Waals surface area contributed by atoms with Gasteiger partial charge in [-0.2, -0.15) is 0 Å². The maximum Gasteiger partial charge on any atom is 0.255 e. The maximum absolute atomic E-state index is 12.6. The van der Waals surface area contributed by atoms with Gasteiger partial charge in [-0.15, -0.1) is 10.2 Å². The number of aromatic nitrogens is 5. The number of benzene rings is 3. The molecule has 0 radical (unpaired) electrons. The number of hydrogen-bond donors (Lipinski definition) is 2. The summed E-state index contributed by atoms with van der Waals surface area (Å²) in [6.45, 7) is 0. The molecule has 0 spiro atoms. The molecule has 0 saturated carbocycles. The number of amides is 1. The van der Waals surface area contributed by atoms with Crippen molar-refractivity contribution in [1.29, 1.82) is 0 Å². The molecule has 0 saturated heterocycles. The van der Waals surface area contributed by atoms with E-state index in [4.69, 9.17) is 0 Å². The van der Waals surface area contributed by atoms with Crippen LogP contribution in [-0.2, 0) is 7.05 Å². The Morgan fingerprint density at radius 3 is 2.38 bits per heavy atom. The number of nitrogens with one attached hydrogen (secondary N) is 2. The maximum atomic E-state index is 12.6. The molecule has 3 aromatic carbocycles. The molecular weight excluding hydrogens is 402 g/mol. The molecule has 5 rings (SSSR count). The van der Waals surface area contributed by atoms with E-state index in [1.807, 2.05) is 72.3 Å². The van der Waals surface area contributed by atoms with Gasteiger partial charge < -0.3 is 15.2 Å². The zero-order valence-corrected chi connectivity index (χ0v) is 17.2. The van der Waals surface area contributed by atoms with Crippen LogP contribution < -0.4 is 10.6 Å². The number of anilines is 3. The first-order chi connectivity index (χ1) is 15.7. The minimum atomic E-state index is -0.185. The Balaban J connectivity index is 1.27. The summed E-state index contributed by atoms with van der Waals surface area (Å²) in [5, 5.41) is 15.1. The van der Waals surface area contributed by atoms with Crippen LogP contribution in [0.3, 0.4) is 0 Å². The summed E-state index contributed by atoms with van der Waals surface area (Å²) in [6.07, 6.45) is 3.18. The third kappa shape index (κ3) is 3.89. The summed E-state index contributed by atoms with van der Waals surface area (Å²) in [6, 6.07) is 22.5. The van der Waals surface area contributed by atoms with Gasteiger partial charge in [0.05, 0.1) is 5.52 Å². The molecular formula is C24H19N7O. The number of nitrogens with zero attached hydrogens (tertiary/aromatic N) is 5. The Morgan fingerprint density at radius 1 is 0.875 bits per heavy atom. The average molecular weight is 421 g/mol. The van der Waals surface area contributed by atoms with Gasteiger partial charge in [0.25, 0.3) is 5.91 Å². The predicted octanol–water partition coefficient (Wildman–Crippen LogP) is 4.42. The minimum Gasteiger partial charge on any atom is -0.340 e. The van der Waals surface area contributed by atoms with Gasteiger partial charge >= 0.3 is 0 Å². The molecule has 32 heavy (non-hydrogen) atoms. The molecule has 2 heterocycles. The highest BCUT2D eigenvalue weighted by Gasteiger charge is 2.09. The summed E-state index contributed by atoms with van der Waals surface area (Å²) in [7, 11) is 1.89. The molecule has 0 atom stereocenters. The lowest BCUT2D eigenvalue weighted by atomic mass is 10.1. The van der Waals surface area contributed by atoms with Crippen LogP contribution >= 0.6 is 0 Å². The molecule has 2 aromatic heterocycles. The Labute approximate surface area is 184 Å². The monoisotopic (exact) mass is 421 g/mol. The predicted molar refractivity (Wildman–Crippen MR) is 124 cm³/mol. The van der Waals surface area contributed by atoms with Crippen LogP contribution in [0.2, 0.25) is 0 Å². The van der Waals surface area contributed by atoms with Crippen LogP contribution in [0.25, 0.3) is 22.3 Å². The fraction of sp³-hybridized carbons (Fsp3) is 0.0417. The molecule has 0 unspecified atom stereocenters. The van der Waals surface area contributed by atoms with E-state index >= 15 is 0 Å². The lowest BCUT2D eigenvalue weighted by Gasteiger charge is -2.10. The van der Waals surface area contributed by atoms with Crippen molar-refractivity contribution in [3.05, 3.63) is 91.0 Å². The average Bonchev–Trinajstić information content (AvgIpc) is 3.26. The second-order valence-electron chi connectivity index (χ2n) is 7.24. The molecule has 156 valence electrons. The first-order valence-corrected chi connectivity index (χ1v) is 10.00. The summed E-state index contributed by atoms with van der Waals surface area (Å²) < 4.78 is 1.84. The van der Waals surface area contributed by atoms with Gasteiger partial charge in [-0.1, -0.05) is 12.1 Å². The van der Waals surface area contributed by atoms with E-state index in [1.165, 1.54) is 6.33 Å². The number of aryl methyl sites for hydroxylation is 1.